The van der Waals surface area contributed by atoms with Gasteiger partial charge in [0.2, 0.25) is 0 Å². The average Bonchev–Trinajstić information content (AvgIpc) is 2.50. The molecular weight excluding hydrogens is 335 g/mol. The van der Waals surface area contributed by atoms with E-state index < -0.39 is 11.7 Å². The molecule has 2 aromatic carbocycles. The number of rotatable bonds is 2. The molecule has 0 fully saturated rings. The predicted octanol–water partition coefficient (Wildman–Crippen LogP) is 4.39. The number of carbonyl (C=O) groups is 1. The third-order valence-corrected chi connectivity index (χ3v) is 3.70. The van der Waals surface area contributed by atoms with Crippen molar-refractivity contribution < 1.29 is 9.18 Å². The minimum Gasteiger partial charge on any atom is -0.321 e. The highest BCUT2D eigenvalue weighted by Crippen LogP contribution is 2.23. The molecule has 0 aliphatic heterocycles. The van der Waals surface area contributed by atoms with Crippen LogP contribution in [-0.4, -0.2) is 10.9 Å². The first-order chi connectivity index (χ1) is 10.2. The van der Waals surface area contributed by atoms with E-state index in [-0.39, 0.29) is 10.0 Å². The summed E-state index contributed by atoms with van der Waals surface area (Å²) in [6.45, 7) is 0. The molecule has 0 spiro atoms. The summed E-state index contributed by atoms with van der Waals surface area (Å²) in [5.41, 5.74) is 1.36. The van der Waals surface area contributed by atoms with Crippen LogP contribution in [-0.2, 0) is 0 Å². The van der Waals surface area contributed by atoms with Crippen molar-refractivity contribution >= 4 is 38.4 Å². The van der Waals surface area contributed by atoms with Gasteiger partial charge in [-0.25, -0.2) is 4.39 Å². The maximum atomic E-state index is 13.9. The van der Waals surface area contributed by atoms with Crippen molar-refractivity contribution in [2.24, 2.45) is 0 Å². The highest BCUT2D eigenvalue weighted by atomic mass is 79.9. The van der Waals surface area contributed by atoms with E-state index in [9.17, 15) is 9.18 Å². The zero-order valence-corrected chi connectivity index (χ0v) is 12.4. The Balaban J connectivity index is 1.99. The third kappa shape index (κ3) is 2.64. The lowest BCUT2D eigenvalue weighted by atomic mass is 10.1. The number of aromatic nitrogens is 1. The van der Waals surface area contributed by atoms with Gasteiger partial charge in [-0.3, -0.25) is 9.78 Å². The molecule has 0 radical (unpaired) electrons. The fourth-order valence-corrected chi connectivity index (χ4v) is 2.45. The second-order valence-corrected chi connectivity index (χ2v) is 5.29. The maximum Gasteiger partial charge on any atom is 0.258 e. The van der Waals surface area contributed by atoms with Gasteiger partial charge in [-0.1, -0.05) is 12.1 Å². The van der Waals surface area contributed by atoms with Crippen LogP contribution >= 0.6 is 15.9 Å². The zero-order chi connectivity index (χ0) is 14.8. The van der Waals surface area contributed by atoms with Crippen molar-refractivity contribution in [3.8, 4) is 0 Å². The predicted molar refractivity (Wildman–Crippen MR) is 83.8 cm³/mol. The van der Waals surface area contributed by atoms with Gasteiger partial charge < -0.3 is 5.32 Å². The fourth-order valence-electron chi connectivity index (χ4n) is 2.08. The number of nitrogens with one attached hydrogen (secondary N) is 1. The number of hydrogen-bond donors (Lipinski definition) is 1. The summed E-state index contributed by atoms with van der Waals surface area (Å²) in [5.74, 6) is -1.07. The van der Waals surface area contributed by atoms with Crippen LogP contribution in [0.15, 0.2) is 59.2 Å². The molecule has 3 nitrogen and oxygen atoms in total. The van der Waals surface area contributed by atoms with Gasteiger partial charge in [0.1, 0.15) is 5.82 Å². The fraction of sp³-hybridized carbons (Fsp3) is 0. The number of hydrogen-bond acceptors (Lipinski definition) is 2. The number of benzene rings is 2. The van der Waals surface area contributed by atoms with E-state index in [1.165, 1.54) is 6.07 Å². The van der Waals surface area contributed by atoms with E-state index in [0.29, 0.717) is 5.69 Å². The first kappa shape index (κ1) is 13.7. The van der Waals surface area contributed by atoms with Crippen LogP contribution in [0.1, 0.15) is 10.4 Å². The van der Waals surface area contributed by atoms with Crippen LogP contribution in [0.4, 0.5) is 10.1 Å². The molecule has 0 aliphatic carbocycles. The number of anilines is 1. The zero-order valence-electron chi connectivity index (χ0n) is 10.8. The molecule has 1 amide bonds. The van der Waals surface area contributed by atoms with E-state index in [0.717, 1.165) is 10.9 Å². The van der Waals surface area contributed by atoms with E-state index >= 15 is 0 Å². The topological polar surface area (TPSA) is 42.0 Å². The van der Waals surface area contributed by atoms with Crippen molar-refractivity contribution in [2.75, 3.05) is 5.32 Å². The second-order valence-electron chi connectivity index (χ2n) is 4.43. The van der Waals surface area contributed by atoms with Gasteiger partial charge in [0.15, 0.2) is 0 Å². The minimum atomic E-state index is -0.576. The monoisotopic (exact) mass is 344 g/mol. The Kier molecular flexibility index (Phi) is 3.66. The molecule has 3 aromatic rings. The van der Waals surface area contributed by atoms with Crippen molar-refractivity contribution in [2.45, 2.75) is 0 Å². The molecule has 1 heterocycles. The molecule has 5 heteroatoms. The van der Waals surface area contributed by atoms with Gasteiger partial charge in [0.05, 0.1) is 21.2 Å². The molecule has 0 atom stereocenters. The summed E-state index contributed by atoms with van der Waals surface area (Å²) in [7, 11) is 0. The normalized spacial score (nSPS) is 10.6. The quantitative estimate of drug-likeness (QED) is 0.749. The summed E-state index contributed by atoms with van der Waals surface area (Å²) in [6.07, 6.45) is 1.68. The first-order valence-corrected chi connectivity index (χ1v) is 7.05. The van der Waals surface area contributed by atoms with E-state index in [2.05, 4.69) is 26.2 Å². The van der Waals surface area contributed by atoms with Gasteiger partial charge in [0.25, 0.3) is 5.91 Å². The number of fused-ring (bicyclic) bond motifs is 1. The van der Waals surface area contributed by atoms with E-state index in [1.807, 2.05) is 12.1 Å². The molecule has 21 heavy (non-hydrogen) atoms. The highest BCUT2D eigenvalue weighted by molar-refractivity contribution is 9.10. The van der Waals surface area contributed by atoms with Crippen molar-refractivity contribution in [3.63, 3.8) is 0 Å². The van der Waals surface area contributed by atoms with Gasteiger partial charge >= 0.3 is 0 Å². The average molecular weight is 345 g/mol. The van der Waals surface area contributed by atoms with Gasteiger partial charge in [-0.2, -0.15) is 0 Å². The molecule has 1 N–H and O–H groups in total. The van der Waals surface area contributed by atoms with E-state index in [4.69, 9.17) is 0 Å². The minimum absolute atomic E-state index is 0.00901. The number of carbonyl (C=O) groups excluding carboxylic acids is 1. The molecular formula is C16H10BrFN2O. The lowest BCUT2D eigenvalue weighted by Gasteiger charge is -2.09. The van der Waals surface area contributed by atoms with E-state index in [1.54, 1.807) is 36.5 Å². The summed E-state index contributed by atoms with van der Waals surface area (Å²) in [4.78, 5) is 16.5. The van der Waals surface area contributed by atoms with Crippen LogP contribution in [0, 0.1) is 5.82 Å². The van der Waals surface area contributed by atoms with Crippen LogP contribution in [0.25, 0.3) is 10.9 Å². The number of pyridine rings is 1. The van der Waals surface area contributed by atoms with Crippen molar-refractivity contribution in [1.29, 1.82) is 0 Å². The summed E-state index contributed by atoms with van der Waals surface area (Å²) < 4.78 is 14.2. The van der Waals surface area contributed by atoms with Crippen molar-refractivity contribution in [1.82, 2.24) is 4.98 Å². The Morgan fingerprint density at radius 1 is 1.10 bits per heavy atom. The third-order valence-electron chi connectivity index (χ3n) is 3.09. The Labute approximate surface area is 128 Å². The standard InChI is InChI=1S/C16H10BrFN2O/c17-12-6-1-4-11(15(12)18)16(21)20-14-8-2-7-13-10(14)5-3-9-19-13/h1-9H,(H,20,21). The molecule has 104 valence electrons. The number of halogens is 2. The molecule has 3 rings (SSSR count). The maximum absolute atomic E-state index is 13.9. The lowest BCUT2D eigenvalue weighted by molar-refractivity contribution is 0.102. The SMILES string of the molecule is O=C(Nc1cccc2ncccc12)c1cccc(Br)c1F. The van der Waals surface area contributed by atoms with Gasteiger partial charge in [0, 0.05) is 11.6 Å². The highest BCUT2D eigenvalue weighted by Gasteiger charge is 2.14. The van der Waals surface area contributed by atoms with Crippen LogP contribution < -0.4 is 5.32 Å². The molecule has 0 unspecified atom stereocenters. The summed E-state index contributed by atoms with van der Waals surface area (Å²) in [5, 5.41) is 3.54. The Morgan fingerprint density at radius 2 is 1.90 bits per heavy atom. The smallest absolute Gasteiger partial charge is 0.258 e. The Hall–Kier alpha value is -2.27. The van der Waals surface area contributed by atoms with Crippen LogP contribution in [0.5, 0.6) is 0 Å². The second kappa shape index (κ2) is 5.61. The molecule has 0 saturated carbocycles. The number of nitrogens with zero attached hydrogens (tertiary/aromatic N) is 1. The van der Waals surface area contributed by atoms with Gasteiger partial charge in [-0.05, 0) is 52.3 Å². The molecule has 1 aromatic heterocycles. The van der Waals surface area contributed by atoms with Crippen molar-refractivity contribution in [3.05, 3.63) is 70.6 Å². The Bertz CT molecular complexity index is 830. The molecule has 0 aliphatic rings. The molecule has 0 bridgehead atoms. The molecule has 0 saturated heterocycles. The lowest BCUT2D eigenvalue weighted by Crippen LogP contribution is -2.14. The number of amides is 1. The Morgan fingerprint density at radius 3 is 2.76 bits per heavy atom. The first-order valence-electron chi connectivity index (χ1n) is 6.26. The van der Waals surface area contributed by atoms with Gasteiger partial charge in [-0.15, -0.1) is 0 Å². The van der Waals surface area contributed by atoms with Crippen LogP contribution in [0.2, 0.25) is 0 Å². The summed E-state index contributed by atoms with van der Waals surface area (Å²) >= 11 is 3.07. The van der Waals surface area contributed by atoms with Crippen LogP contribution in [0.3, 0.4) is 0 Å². The largest absolute Gasteiger partial charge is 0.321 e. The summed E-state index contributed by atoms with van der Waals surface area (Å²) in [6, 6.07) is 13.7.